The van der Waals surface area contributed by atoms with Crippen LogP contribution in [0.2, 0.25) is 10.0 Å². The first kappa shape index (κ1) is 18.9. The molecule has 2 aromatic rings. The highest BCUT2D eigenvalue weighted by Gasteiger charge is 2.19. The Morgan fingerprint density at radius 2 is 1.84 bits per heavy atom. The average molecular weight is 459 g/mol. The summed E-state index contributed by atoms with van der Waals surface area (Å²) in [5.41, 5.74) is 2.07. The van der Waals surface area contributed by atoms with Crippen LogP contribution in [-0.4, -0.2) is 41.1 Å². The molecule has 0 unspecified atom stereocenters. The molecule has 0 amide bonds. The molecular weight excluding hydrogens is 441 g/mol. The Kier molecular flexibility index (Phi) is 6.58. The number of rotatable bonds is 3. The normalized spacial score (nSPS) is 15.2. The van der Waals surface area contributed by atoms with Crippen molar-refractivity contribution in [3.63, 3.8) is 0 Å². The van der Waals surface area contributed by atoms with Gasteiger partial charge >= 0.3 is 0 Å². The minimum absolute atomic E-state index is 0.649. The number of benzene rings is 2. The van der Waals surface area contributed by atoms with Crippen molar-refractivity contribution in [2.24, 2.45) is 0 Å². The van der Waals surface area contributed by atoms with Gasteiger partial charge in [0.05, 0.1) is 10.7 Å². The zero-order valence-electron chi connectivity index (χ0n) is 13.5. The smallest absolute Gasteiger partial charge is 0.173 e. The van der Waals surface area contributed by atoms with E-state index in [9.17, 15) is 0 Å². The fourth-order valence-corrected chi connectivity index (χ4v) is 4.01. The first-order valence-corrected chi connectivity index (χ1v) is 9.95. The fraction of sp³-hybridized carbons (Fsp3) is 0.278. The van der Waals surface area contributed by atoms with E-state index in [1.807, 2.05) is 36.4 Å². The van der Waals surface area contributed by atoms with Crippen LogP contribution in [0.25, 0.3) is 0 Å². The van der Waals surface area contributed by atoms with Crippen molar-refractivity contribution in [3.8, 4) is 0 Å². The zero-order valence-corrected chi connectivity index (χ0v) is 17.4. The lowest BCUT2D eigenvalue weighted by molar-refractivity contribution is 0.177. The number of hydrogen-bond donors (Lipinski definition) is 1. The van der Waals surface area contributed by atoms with E-state index in [1.165, 1.54) is 5.56 Å². The molecule has 1 N–H and O–H groups in total. The van der Waals surface area contributed by atoms with Gasteiger partial charge in [0.15, 0.2) is 5.11 Å². The van der Waals surface area contributed by atoms with Gasteiger partial charge in [0.1, 0.15) is 0 Å². The summed E-state index contributed by atoms with van der Waals surface area (Å²) in [5, 5.41) is 5.40. The number of piperazine rings is 1. The molecule has 25 heavy (non-hydrogen) atoms. The summed E-state index contributed by atoms with van der Waals surface area (Å²) in [7, 11) is 0. The lowest BCUT2D eigenvalue weighted by Crippen LogP contribution is -2.49. The molecule has 7 heteroatoms. The van der Waals surface area contributed by atoms with Crippen molar-refractivity contribution in [2.75, 3.05) is 31.5 Å². The second-order valence-electron chi connectivity index (χ2n) is 5.95. The van der Waals surface area contributed by atoms with E-state index in [4.69, 9.17) is 35.4 Å². The van der Waals surface area contributed by atoms with Crippen LogP contribution in [0.15, 0.2) is 46.9 Å². The second kappa shape index (κ2) is 8.69. The molecule has 1 aliphatic rings. The first-order chi connectivity index (χ1) is 12.0. The maximum absolute atomic E-state index is 6.25. The molecule has 1 aliphatic heterocycles. The van der Waals surface area contributed by atoms with Crippen molar-refractivity contribution < 1.29 is 0 Å². The van der Waals surface area contributed by atoms with Crippen molar-refractivity contribution in [1.82, 2.24) is 9.80 Å². The first-order valence-electron chi connectivity index (χ1n) is 7.99. The van der Waals surface area contributed by atoms with Crippen molar-refractivity contribution in [3.05, 3.63) is 62.5 Å². The molecule has 1 heterocycles. The minimum atomic E-state index is 0.649. The molecule has 0 aliphatic carbocycles. The quantitative estimate of drug-likeness (QED) is 0.631. The van der Waals surface area contributed by atoms with Crippen LogP contribution in [0.1, 0.15) is 5.56 Å². The van der Waals surface area contributed by atoms with Crippen molar-refractivity contribution in [2.45, 2.75) is 6.54 Å². The number of anilines is 1. The van der Waals surface area contributed by atoms with Gasteiger partial charge in [-0.3, -0.25) is 4.90 Å². The predicted molar refractivity (Wildman–Crippen MR) is 114 cm³/mol. The summed E-state index contributed by atoms with van der Waals surface area (Å²) in [6.07, 6.45) is 0. The van der Waals surface area contributed by atoms with Gasteiger partial charge in [0.25, 0.3) is 0 Å². The highest BCUT2D eigenvalue weighted by molar-refractivity contribution is 9.10. The van der Waals surface area contributed by atoms with Gasteiger partial charge in [-0.05, 0) is 48.1 Å². The van der Waals surface area contributed by atoms with Crippen LogP contribution in [0, 0.1) is 0 Å². The number of halogens is 3. The Morgan fingerprint density at radius 3 is 2.52 bits per heavy atom. The molecule has 0 spiro atoms. The van der Waals surface area contributed by atoms with Crippen molar-refractivity contribution in [1.29, 1.82) is 0 Å². The monoisotopic (exact) mass is 457 g/mol. The lowest BCUT2D eigenvalue weighted by Gasteiger charge is -2.36. The standard InChI is InChI=1S/C18H18BrCl2N3S/c19-14-4-5-17(16(21)11-14)22-18(25)24-8-6-23(7-9-24)12-13-2-1-3-15(20)10-13/h1-5,10-11H,6-9,12H2,(H,22,25). The van der Waals surface area contributed by atoms with Gasteiger partial charge in [-0.2, -0.15) is 0 Å². The van der Waals surface area contributed by atoms with Crippen LogP contribution >= 0.6 is 51.3 Å². The third-order valence-corrected chi connectivity index (χ3v) is 5.53. The number of nitrogens with one attached hydrogen (secondary N) is 1. The van der Waals surface area contributed by atoms with Gasteiger partial charge in [0.2, 0.25) is 0 Å². The molecule has 0 atom stereocenters. The molecule has 0 saturated carbocycles. The highest BCUT2D eigenvalue weighted by Crippen LogP contribution is 2.26. The Bertz CT molecular complexity index is 764. The summed E-state index contributed by atoms with van der Waals surface area (Å²) < 4.78 is 0.948. The van der Waals surface area contributed by atoms with E-state index >= 15 is 0 Å². The van der Waals surface area contributed by atoms with Gasteiger partial charge in [0, 0.05) is 42.2 Å². The molecule has 1 fully saturated rings. The third-order valence-electron chi connectivity index (χ3n) is 4.13. The van der Waals surface area contributed by atoms with E-state index < -0.39 is 0 Å². The molecule has 0 aromatic heterocycles. The number of hydrogen-bond acceptors (Lipinski definition) is 2. The predicted octanol–water partition coefficient (Wildman–Crippen LogP) is 5.27. The summed E-state index contributed by atoms with van der Waals surface area (Å²) in [6, 6.07) is 13.8. The SMILES string of the molecule is S=C(Nc1ccc(Br)cc1Cl)N1CCN(Cc2cccc(Cl)c2)CC1. The molecule has 0 bridgehead atoms. The fourth-order valence-electron chi connectivity index (χ4n) is 2.79. The van der Waals surface area contributed by atoms with Crippen LogP contribution in [0.5, 0.6) is 0 Å². The molecular formula is C18H18BrCl2N3S. The Hall–Kier alpha value is -0.850. The van der Waals surface area contributed by atoms with Crippen LogP contribution in [0.3, 0.4) is 0 Å². The average Bonchev–Trinajstić information content (AvgIpc) is 2.58. The van der Waals surface area contributed by atoms with E-state index in [0.717, 1.165) is 47.9 Å². The van der Waals surface area contributed by atoms with Gasteiger partial charge in [-0.1, -0.05) is 51.3 Å². The molecule has 0 radical (unpaired) electrons. The van der Waals surface area contributed by atoms with Crippen LogP contribution in [-0.2, 0) is 6.54 Å². The summed E-state index contributed by atoms with van der Waals surface area (Å²) in [4.78, 5) is 4.60. The molecule has 132 valence electrons. The second-order valence-corrected chi connectivity index (χ2v) is 8.09. The van der Waals surface area contributed by atoms with E-state index in [-0.39, 0.29) is 0 Å². The molecule has 1 saturated heterocycles. The van der Waals surface area contributed by atoms with Gasteiger partial charge in [-0.15, -0.1) is 0 Å². The minimum Gasteiger partial charge on any atom is -0.346 e. The van der Waals surface area contributed by atoms with Gasteiger partial charge in [-0.25, -0.2) is 0 Å². The maximum Gasteiger partial charge on any atom is 0.173 e. The third kappa shape index (κ3) is 5.31. The maximum atomic E-state index is 6.25. The largest absolute Gasteiger partial charge is 0.346 e. The summed E-state index contributed by atoms with van der Waals surface area (Å²) >= 11 is 21.3. The zero-order chi connectivity index (χ0) is 17.8. The van der Waals surface area contributed by atoms with Crippen LogP contribution in [0.4, 0.5) is 5.69 Å². The van der Waals surface area contributed by atoms with Crippen molar-refractivity contribution >= 4 is 62.1 Å². The highest BCUT2D eigenvalue weighted by atomic mass is 79.9. The molecule has 3 rings (SSSR count). The molecule has 3 nitrogen and oxygen atoms in total. The Labute approximate surface area is 172 Å². The lowest BCUT2D eigenvalue weighted by atomic mass is 10.2. The Morgan fingerprint density at radius 1 is 1.08 bits per heavy atom. The Balaban J connectivity index is 1.52. The van der Waals surface area contributed by atoms with E-state index in [0.29, 0.717) is 10.1 Å². The number of thiocarbonyl (C=S) groups is 1. The molecule has 2 aromatic carbocycles. The van der Waals surface area contributed by atoms with Gasteiger partial charge < -0.3 is 10.2 Å². The summed E-state index contributed by atoms with van der Waals surface area (Å²) in [6.45, 7) is 4.61. The van der Waals surface area contributed by atoms with E-state index in [1.54, 1.807) is 0 Å². The topological polar surface area (TPSA) is 18.5 Å². The van der Waals surface area contributed by atoms with Crippen LogP contribution < -0.4 is 5.32 Å². The van der Waals surface area contributed by atoms with E-state index in [2.05, 4.69) is 37.1 Å². The number of nitrogens with zero attached hydrogens (tertiary/aromatic N) is 2. The summed E-state index contributed by atoms with van der Waals surface area (Å²) in [5.74, 6) is 0.